The van der Waals surface area contributed by atoms with Gasteiger partial charge < -0.3 is 29.2 Å². The summed E-state index contributed by atoms with van der Waals surface area (Å²) >= 11 is 0. The van der Waals surface area contributed by atoms with E-state index in [-0.39, 0.29) is 11.1 Å². The van der Waals surface area contributed by atoms with Crippen molar-refractivity contribution in [3.8, 4) is 11.5 Å². The van der Waals surface area contributed by atoms with E-state index in [1.54, 1.807) is 36.4 Å². The number of fused-ring (bicyclic) bond motifs is 2. The molecule has 4 aromatic rings. The number of aliphatic carboxylic acids is 2. The van der Waals surface area contributed by atoms with Gasteiger partial charge in [0.25, 0.3) is 0 Å². The summed E-state index contributed by atoms with van der Waals surface area (Å²) in [6.45, 7) is -1.08. The molecule has 60 heavy (non-hydrogen) atoms. The molecule has 2 unspecified atom stereocenters. The molecule has 2 N–H and O–H groups in total. The fourth-order valence-electron chi connectivity index (χ4n) is 6.12. The number of hydrogen-bond donors (Lipinski definition) is 2. The van der Waals surface area contributed by atoms with Crippen LogP contribution in [0.25, 0.3) is 12.2 Å². The average Bonchev–Trinajstić information content (AvgIpc) is 3.23. The van der Waals surface area contributed by atoms with Crippen molar-refractivity contribution in [2.45, 2.75) is 23.6 Å². The molecule has 0 aromatic heterocycles. The Morgan fingerprint density at radius 1 is 0.567 bits per heavy atom. The Hall–Kier alpha value is -6.52. The lowest BCUT2D eigenvalue weighted by atomic mass is 9.84. The predicted molar refractivity (Wildman–Crippen MR) is 214 cm³/mol. The zero-order valence-electron chi connectivity index (χ0n) is 32.6. The normalized spacial score (nSPS) is 18.6. The summed E-state index contributed by atoms with van der Waals surface area (Å²) in [5.74, 6) is -1.84. The van der Waals surface area contributed by atoms with E-state index in [0.717, 1.165) is 25.3 Å². The average molecular weight is 839 g/mol. The summed E-state index contributed by atoms with van der Waals surface area (Å²) in [6, 6.07) is 28.1. The van der Waals surface area contributed by atoms with E-state index >= 15 is 0 Å². The molecular weight excluding hydrogens is 798 g/mol. The SMILES string of the molecule is COc1ccc2c(c1)C(OC)(C(F)(F)F)CN=C2/C=C/c1ccccc1.COc1ccc2c(c1)C(OC)(C(F)(F)F)CN=C2/C=C/c1ccccc1.O=C(O)/C=C\C(=O)O. The molecule has 0 radical (unpaired) electrons. The van der Waals surface area contributed by atoms with E-state index < -0.39 is 48.6 Å². The van der Waals surface area contributed by atoms with Gasteiger partial charge in [-0.1, -0.05) is 72.8 Å². The van der Waals surface area contributed by atoms with Crippen LogP contribution in [0.3, 0.4) is 0 Å². The molecule has 0 fully saturated rings. The molecule has 0 saturated heterocycles. The van der Waals surface area contributed by atoms with Crippen LogP contribution in [0.5, 0.6) is 11.5 Å². The monoisotopic (exact) mass is 838 g/mol. The van der Waals surface area contributed by atoms with Gasteiger partial charge in [-0.05, 0) is 59.7 Å². The second kappa shape index (κ2) is 20.0. The summed E-state index contributed by atoms with van der Waals surface area (Å²) < 4.78 is 103. The fraction of sp³-hybridized carbons (Fsp3) is 0.227. The van der Waals surface area contributed by atoms with Crippen LogP contribution in [-0.4, -0.2) is 87.5 Å². The lowest BCUT2D eigenvalue weighted by Gasteiger charge is -2.37. The van der Waals surface area contributed by atoms with Crippen molar-refractivity contribution in [1.29, 1.82) is 0 Å². The molecule has 6 rings (SSSR count). The Kier molecular flexibility index (Phi) is 15.4. The van der Waals surface area contributed by atoms with Crippen LogP contribution in [0, 0.1) is 0 Å². The number of halogens is 6. The third-order valence-electron chi connectivity index (χ3n) is 9.27. The molecule has 0 spiro atoms. The zero-order chi connectivity index (χ0) is 44.1. The van der Waals surface area contributed by atoms with Gasteiger partial charge in [0.05, 0.1) is 38.7 Å². The van der Waals surface area contributed by atoms with Crippen LogP contribution in [0.1, 0.15) is 33.4 Å². The second-order valence-electron chi connectivity index (χ2n) is 12.8. The van der Waals surface area contributed by atoms with Crippen molar-refractivity contribution in [3.63, 3.8) is 0 Å². The minimum Gasteiger partial charge on any atom is -0.497 e. The van der Waals surface area contributed by atoms with Gasteiger partial charge >= 0.3 is 24.3 Å². The highest BCUT2D eigenvalue weighted by molar-refractivity contribution is 6.13. The molecule has 316 valence electrons. The Bertz CT molecular complexity index is 2110. The van der Waals surface area contributed by atoms with Gasteiger partial charge in [0, 0.05) is 48.6 Å². The minimum atomic E-state index is -4.61. The number of methoxy groups -OCH3 is 4. The number of rotatable bonds is 10. The Labute approximate surface area is 341 Å². The number of carboxylic acid groups (broad SMARTS) is 2. The molecule has 4 aromatic carbocycles. The van der Waals surface area contributed by atoms with E-state index in [4.69, 9.17) is 29.2 Å². The molecule has 0 saturated carbocycles. The van der Waals surface area contributed by atoms with E-state index in [1.165, 1.54) is 26.4 Å². The first-order valence-corrected chi connectivity index (χ1v) is 17.8. The molecule has 2 aliphatic rings. The molecule has 10 nitrogen and oxygen atoms in total. The van der Waals surface area contributed by atoms with Crippen LogP contribution < -0.4 is 9.47 Å². The van der Waals surface area contributed by atoms with Gasteiger partial charge in [-0.2, -0.15) is 26.3 Å². The summed E-state index contributed by atoms with van der Waals surface area (Å²) in [5.41, 5.74) is -1.38. The number of benzene rings is 4. The fourth-order valence-corrected chi connectivity index (χ4v) is 6.12. The van der Waals surface area contributed by atoms with Crippen molar-refractivity contribution in [3.05, 3.63) is 155 Å². The van der Waals surface area contributed by atoms with Crippen LogP contribution in [0.15, 0.2) is 131 Å². The van der Waals surface area contributed by atoms with Gasteiger partial charge in [0.2, 0.25) is 11.2 Å². The summed E-state index contributed by atoms with van der Waals surface area (Å²) in [5, 5.41) is 15.6. The lowest BCUT2D eigenvalue weighted by molar-refractivity contribution is -0.272. The zero-order valence-corrected chi connectivity index (χ0v) is 32.6. The maximum atomic E-state index is 13.8. The first kappa shape index (κ1) is 46.2. The quantitative estimate of drug-likeness (QED) is 0.119. The Morgan fingerprint density at radius 3 is 1.20 bits per heavy atom. The number of ether oxygens (including phenoxy) is 4. The van der Waals surface area contributed by atoms with Crippen molar-refractivity contribution in [2.24, 2.45) is 9.98 Å². The highest BCUT2D eigenvalue weighted by Crippen LogP contribution is 2.48. The molecule has 0 amide bonds. The van der Waals surface area contributed by atoms with E-state index in [0.29, 0.717) is 46.2 Å². The highest BCUT2D eigenvalue weighted by Gasteiger charge is 2.60. The minimum absolute atomic E-state index is 0.00885. The Balaban J connectivity index is 0.000000224. The lowest BCUT2D eigenvalue weighted by Crippen LogP contribution is -2.49. The molecule has 16 heteroatoms. The molecule has 2 heterocycles. The maximum absolute atomic E-state index is 13.8. The Morgan fingerprint density at radius 2 is 0.917 bits per heavy atom. The molecule has 2 aliphatic heterocycles. The number of carboxylic acids is 2. The van der Waals surface area contributed by atoms with E-state index in [9.17, 15) is 35.9 Å². The van der Waals surface area contributed by atoms with Crippen LogP contribution in [0.4, 0.5) is 26.3 Å². The number of alkyl halides is 6. The van der Waals surface area contributed by atoms with E-state index in [1.807, 2.05) is 72.8 Å². The number of allylic oxidation sites excluding steroid dienone is 2. The topological polar surface area (TPSA) is 136 Å². The number of hydrogen-bond acceptors (Lipinski definition) is 8. The first-order valence-electron chi connectivity index (χ1n) is 17.8. The van der Waals surface area contributed by atoms with Gasteiger partial charge in [-0.15, -0.1) is 0 Å². The number of aliphatic imine (C=N–C) groups is 2. The molecule has 0 bridgehead atoms. The standard InChI is InChI=1S/2C20H18F3NO2.C4H4O4/c2*1-25-15-9-10-16-17(12-15)19(26-2,20(21,22)23)13-24-18(16)11-8-14-6-4-3-5-7-14;5-3(6)1-2-4(7)8/h2*3-12H,13H2,1-2H3;1-2H,(H,5,6)(H,7,8)/b2*11-8+;2-1-. The van der Waals surface area contributed by atoms with Crippen molar-refractivity contribution < 1.29 is 65.1 Å². The van der Waals surface area contributed by atoms with Crippen LogP contribution in [0.2, 0.25) is 0 Å². The van der Waals surface area contributed by atoms with Crippen molar-refractivity contribution in [1.82, 2.24) is 0 Å². The van der Waals surface area contributed by atoms with Gasteiger partial charge in [-0.3, -0.25) is 9.98 Å². The van der Waals surface area contributed by atoms with Gasteiger partial charge in [0.1, 0.15) is 11.5 Å². The third-order valence-corrected chi connectivity index (χ3v) is 9.27. The van der Waals surface area contributed by atoms with Gasteiger partial charge in [-0.25, -0.2) is 9.59 Å². The van der Waals surface area contributed by atoms with Gasteiger partial charge in [0.15, 0.2) is 0 Å². The summed E-state index contributed by atoms with van der Waals surface area (Å²) in [4.78, 5) is 27.5. The van der Waals surface area contributed by atoms with E-state index in [2.05, 4.69) is 9.98 Å². The maximum Gasteiger partial charge on any atom is 0.423 e. The smallest absolute Gasteiger partial charge is 0.423 e. The third kappa shape index (κ3) is 10.7. The van der Waals surface area contributed by atoms with Crippen molar-refractivity contribution in [2.75, 3.05) is 41.5 Å². The second-order valence-corrected chi connectivity index (χ2v) is 12.8. The molecular formula is C44H40F6N2O8. The first-order chi connectivity index (χ1) is 28.4. The summed E-state index contributed by atoms with van der Waals surface area (Å²) in [7, 11) is 4.93. The van der Waals surface area contributed by atoms with Crippen LogP contribution in [-0.2, 0) is 30.3 Å². The summed E-state index contributed by atoms with van der Waals surface area (Å²) in [6.07, 6.45) is -1.03. The van der Waals surface area contributed by atoms with Crippen LogP contribution >= 0.6 is 0 Å². The largest absolute Gasteiger partial charge is 0.497 e. The van der Waals surface area contributed by atoms with Crippen molar-refractivity contribution >= 4 is 35.5 Å². The predicted octanol–water partition coefficient (Wildman–Crippen LogP) is 8.94. The molecule has 2 atom stereocenters. The molecule has 0 aliphatic carbocycles. The number of carbonyl (C=O) groups is 2. The number of nitrogens with zero attached hydrogens (tertiary/aromatic N) is 2. The highest BCUT2D eigenvalue weighted by atomic mass is 19.4.